The van der Waals surface area contributed by atoms with Crippen LogP contribution < -0.4 is 9.46 Å². The summed E-state index contributed by atoms with van der Waals surface area (Å²) < 4.78 is 73.9. The third-order valence-electron chi connectivity index (χ3n) is 5.09. The van der Waals surface area contributed by atoms with E-state index in [-0.39, 0.29) is 22.8 Å². The van der Waals surface area contributed by atoms with Gasteiger partial charge >= 0.3 is 12.2 Å². The Hall–Kier alpha value is -3.86. The Morgan fingerprint density at radius 3 is 2.08 bits per heavy atom. The number of hydrogen-bond donors (Lipinski definition) is 1. The van der Waals surface area contributed by atoms with Crippen LogP contribution in [0.2, 0.25) is 0 Å². The maximum Gasteiger partial charge on any atom is 0.416 e. The summed E-state index contributed by atoms with van der Waals surface area (Å²) in [5.41, 5.74) is 1.40. The molecule has 0 aliphatic rings. The minimum absolute atomic E-state index is 0.0593. The molecule has 7 nitrogen and oxygen atoms in total. The van der Waals surface area contributed by atoms with Crippen LogP contribution in [0, 0.1) is 6.92 Å². The number of aryl methyl sites for hydroxylation is 1. The van der Waals surface area contributed by atoms with Crippen molar-refractivity contribution in [3.05, 3.63) is 83.9 Å². The van der Waals surface area contributed by atoms with E-state index in [2.05, 4.69) is 14.8 Å². The second kappa shape index (κ2) is 9.65. The normalized spacial score (nSPS) is 12.1. The average molecular weight is 517 g/mol. The smallest absolute Gasteiger partial charge is 0.416 e. The number of anilines is 1. The van der Waals surface area contributed by atoms with E-state index < -0.39 is 21.8 Å². The molecule has 1 N–H and O–H groups in total. The van der Waals surface area contributed by atoms with Crippen molar-refractivity contribution in [1.29, 1.82) is 0 Å². The molecule has 4 aromatic rings. The Balaban J connectivity index is 1.65. The summed E-state index contributed by atoms with van der Waals surface area (Å²) in [6.07, 6.45) is -4.68. The number of ether oxygens (including phenoxy) is 1. The molecule has 4 rings (SSSR count). The lowest BCUT2D eigenvalue weighted by atomic mass is 10.1. The van der Waals surface area contributed by atoms with Gasteiger partial charge in [0.05, 0.1) is 22.3 Å². The zero-order chi connectivity index (χ0) is 26.1. The minimum atomic E-state index is -4.46. The van der Waals surface area contributed by atoms with Gasteiger partial charge in [-0.05, 0) is 69.3 Å². The molecule has 0 saturated carbocycles. The fraction of sp³-hybridized carbons (Fsp3) is 0.200. The number of aromatic nitrogens is 3. The van der Waals surface area contributed by atoms with Crippen molar-refractivity contribution in [2.75, 3.05) is 4.72 Å². The molecular formula is C25H23F3N4O3S. The Labute approximate surface area is 206 Å². The highest BCUT2D eigenvalue weighted by molar-refractivity contribution is 7.92. The van der Waals surface area contributed by atoms with Crippen LogP contribution in [0.15, 0.2) is 77.7 Å². The fourth-order valence-corrected chi connectivity index (χ4v) is 4.39. The highest BCUT2D eigenvalue weighted by Crippen LogP contribution is 2.32. The van der Waals surface area contributed by atoms with Gasteiger partial charge in [0.25, 0.3) is 10.0 Å². The van der Waals surface area contributed by atoms with Gasteiger partial charge in [0, 0.05) is 11.3 Å². The molecule has 0 amide bonds. The van der Waals surface area contributed by atoms with E-state index in [1.165, 1.54) is 28.9 Å². The van der Waals surface area contributed by atoms with Gasteiger partial charge in [-0.25, -0.2) is 13.1 Å². The molecule has 0 spiro atoms. The Kier molecular flexibility index (Phi) is 6.77. The zero-order valence-electron chi connectivity index (χ0n) is 19.6. The van der Waals surface area contributed by atoms with Crippen LogP contribution in [0.5, 0.6) is 6.01 Å². The van der Waals surface area contributed by atoms with Gasteiger partial charge in [0.1, 0.15) is 0 Å². The summed E-state index contributed by atoms with van der Waals surface area (Å²) >= 11 is 0. The monoisotopic (exact) mass is 516 g/mol. The van der Waals surface area contributed by atoms with Crippen LogP contribution in [-0.2, 0) is 16.2 Å². The van der Waals surface area contributed by atoms with Crippen LogP contribution in [0.25, 0.3) is 17.1 Å². The minimum Gasteiger partial charge on any atom is -0.460 e. The Morgan fingerprint density at radius 1 is 0.917 bits per heavy atom. The molecule has 1 heterocycles. The third kappa shape index (κ3) is 5.68. The molecule has 3 aromatic carbocycles. The number of alkyl halides is 3. The van der Waals surface area contributed by atoms with Crippen molar-refractivity contribution in [1.82, 2.24) is 14.8 Å². The van der Waals surface area contributed by atoms with Crippen molar-refractivity contribution < 1.29 is 26.3 Å². The fourth-order valence-electron chi connectivity index (χ4n) is 3.33. The van der Waals surface area contributed by atoms with Gasteiger partial charge in [-0.15, -0.1) is 5.10 Å². The van der Waals surface area contributed by atoms with Crippen LogP contribution in [-0.4, -0.2) is 29.3 Å². The first-order chi connectivity index (χ1) is 16.9. The topological polar surface area (TPSA) is 86.1 Å². The van der Waals surface area contributed by atoms with Crippen molar-refractivity contribution in [2.45, 2.75) is 37.9 Å². The van der Waals surface area contributed by atoms with E-state index in [1.54, 1.807) is 50.2 Å². The number of halogens is 3. The molecule has 0 unspecified atom stereocenters. The summed E-state index contributed by atoms with van der Waals surface area (Å²) in [7, 11) is -3.78. The van der Waals surface area contributed by atoms with E-state index in [1.807, 2.05) is 6.92 Å². The van der Waals surface area contributed by atoms with Gasteiger partial charge in [-0.1, -0.05) is 29.8 Å². The van der Waals surface area contributed by atoms with Crippen LogP contribution in [0.4, 0.5) is 18.9 Å². The molecule has 0 fully saturated rings. The van der Waals surface area contributed by atoms with E-state index in [9.17, 15) is 21.6 Å². The number of sulfonamides is 1. The number of rotatable bonds is 7. The second-order valence-electron chi connectivity index (χ2n) is 8.34. The molecular weight excluding hydrogens is 493 g/mol. The van der Waals surface area contributed by atoms with Crippen LogP contribution in [0.3, 0.4) is 0 Å². The quantitative estimate of drug-likeness (QED) is 0.333. The highest BCUT2D eigenvalue weighted by Gasteiger charge is 2.30. The predicted molar refractivity (Wildman–Crippen MR) is 130 cm³/mol. The largest absolute Gasteiger partial charge is 0.460 e. The maximum atomic E-state index is 13.0. The highest BCUT2D eigenvalue weighted by atomic mass is 32.2. The lowest BCUT2D eigenvalue weighted by Crippen LogP contribution is -2.13. The second-order valence-corrected chi connectivity index (χ2v) is 10.0. The SMILES string of the molecule is Cc1ccc(S(=O)(=O)Nc2ccc(-n3nc(OC(C)C)nc3-c3ccc(C(F)(F)F)cc3)cc2)cc1. The predicted octanol–water partition coefficient (Wildman–Crippen LogP) is 5.85. The molecule has 188 valence electrons. The van der Waals surface area contributed by atoms with Crippen molar-refractivity contribution >= 4 is 15.7 Å². The van der Waals surface area contributed by atoms with Crippen molar-refractivity contribution in [3.8, 4) is 23.1 Å². The number of hydrogen-bond acceptors (Lipinski definition) is 5. The summed E-state index contributed by atoms with van der Waals surface area (Å²) in [6.45, 7) is 5.46. The number of nitrogens with zero attached hydrogens (tertiary/aromatic N) is 3. The summed E-state index contributed by atoms with van der Waals surface area (Å²) in [5.74, 6) is 0.271. The molecule has 11 heteroatoms. The maximum absolute atomic E-state index is 13.0. The Bertz CT molecular complexity index is 1450. The molecule has 0 bridgehead atoms. The van der Waals surface area contributed by atoms with E-state index in [0.29, 0.717) is 16.9 Å². The van der Waals surface area contributed by atoms with E-state index in [0.717, 1.165) is 17.7 Å². The molecule has 0 atom stereocenters. The summed E-state index contributed by atoms with van der Waals surface area (Å²) in [5, 5.41) is 4.35. The van der Waals surface area contributed by atoms with Gasteiger partial charge in [0.2, 0.25) is 0 Å². The first-order valence-corrected chi connectivity index (χ1v) is 12.4. The van der Waals surface area contributed by atoms with Crippen LogP contribution >= 0.6 is 0 Å². The van der Waals surface area contributed by atoms with Crippen molar-refractivity contribution in [2.24, 2.45) is 0 Å². The lowest BCUT2D eigenvalue weighted by Gasteiger charge is -2.11. The molecule has 0 aliphatic carbocycles. The van der Waals surface area contributed by atoms with Crippen molar-refractivity contribution in [3.63, 3.8) is 0 Å². The van der Waals surface area contributed by atoms with Gasteiger partial charge < -0.3 is 4.74 Å². The molecule has 1 aromatic heterocycles. The summed E-state index contributed by atoms with van der Waals surface area (Å²) in [4.78, 5) is 4.49. The van der Waals surface area contributed by atoms with E-state index >= 15 is 0 Å². The van der Waals surface area contributed by atoms with Gasteiger partial charge in [-0.3, -0.25) is 4.72 Å². The Morgan fingerprint density at radius 2 is 1.53 bits per heavy atom. The molecule has 0 aliphatic heterocycles. The lowest BCUT2D eigenvalue weighted by molar-refractivity contribution is -0.137. The first kappa shape index (κ1) is 25.2. The standard InChI is InChI=1S/C25H23F3N4O3S/c1-16(2)35-24-29-23(18-6-8-19(9-7-18)25(26,27)28)32(30-24)21-12-10-20(11-13-21)31-36(33,34)22-14-4-17(3)5-15-22/h4-16,31H,1-3H3. The first-order valence-electron chi connectivity index (χ1n) is 10.9. The molecule has 0 saturated heterocycles. The molecule has 0 radical (unpaired) electrons. The van der Waals surface area contributed by atoms with Gasteiger partial charge in [0.15, 0.2) is 5.82 Å². The van der Waals surface area contributed by atoms with Crippen LogP contribution in [0.1, 0.15) is 25.0 Å². The zero-order valence-corrected chi connectivity index (χ0v) is 20.4. The van der Waals surface area contributed by atoms with Gasteiger partial charge in [-0.2, -0.15) is 18.2 Å². The number of nitrogens with one attached hydrogen (secondary N) is 1. The molecule has 36 heavy (non-hydrogen) atoms. The summed E-state index contributed by atoms with van der Waals surface area (Å²) in [6, 6.07) is 17.4. The average Bonchev–Trinajstić information content (AvgIpc) is 3.22. The third-order valence-corrected chi connectivity index (χ3v) is 6.49. The van der Waals surface area contributed by atoms with E-state index in [4.69, 9.17) is 4.74 Å². The number of benzene rings is 3.